The Hall–Kier alpha value is -1.50. The zero-order valence-corrected chi connectivity index (χ0v) is 18.6. The Kier molecular flexibility index (Phi) is 8.88. The maximum absolute atomic E-state index is 12.0. The van der Waals surface area contributed by atoms with Gasteiger partial charge in [-0.1, -0.05) is 0 Å². The number of ether oxygens (including phenoxy) is 2. The molecule has 2 heterocycles. The number of phosphoric ester groups is 1. The maximum atomic E-state index is 12.0. The van der Waals surface area contributed by atoms with Crippen molar-refractivity contribution in [3.05, 3.63) is 22.7 Å². The molecule has 180 valence electrons. The van der Waals surface area contributed by atoms with Crippen molar-refractivity contribution in [2.75, 3.05) is 18.9 Å². The summed E-state index contributed by atoms with van der Waals surface area (Å²) in [6.07, 6.45) is -1.61. The van der Waals surface area contributed by atoms with Gasteiger partial charge in [-0.3, -0.25) is 9.09 Å². The van der Waals surface area contributed by atoms with Gasteiger partial charge in [0.05, 0.1) is 31.8 Å². The Morgan fingerprint density at radius 2 is 1.94 bits per heavy atom. The number of hydrogen-bond donors (Lipinski definition) is 5. The van der Waals surface area contributed by atoms with Crippen molar-refractivity contribution < 1.29 is 55.9 Å². The topological polar surface area (TPSA) is 263 Å². The Labute approximate surface area is 179 Å². The van der Waals surface area contributed by atoms with E-state index in [0.717, 1.165) is 4.57 Å². The average molecular weight is 520 g/mol. The number of rotatable bonds is 11. The highest BCUT2D eigenvalue weighted by atomic mass is 31.3. The number of nitrogens with zero attached hydrogens (tertiary/aromatic N) is 3. The third-order valence-electron chi connectivity index (χ3n) is 3.71. The van der Waals surface area contributed by atoms with E-state index in [1.54, 1.807) is 0 Å². The van der Waals surface area contributed by atoms with Crippen LogP contribution in [0.4, 0.5) is 5.82 Å². The summed E-state index contributed by atoms with van der Waals surface area (Å²) >= 11 is 0. The standard InChI is InChI=1S/C12H19N4O13P3/c13-3-1-5-25-8-6-11(16-4-2-10(14)15-12(16)17)27-9(8)7-26-31(21,22)29-32(23,24)28-30(18,19)20/h2,4,8-9,11H,1,5-7H2,(H,21,22)(H,23,24)(H2,14,15,17)(H2,18,19,20)/t8?,9-,11-/m1/s1. The SMILES string of the molecule is N#CCCOC1C[C@H](n2ccc(N)nc2=O)O[C@@H]1COP(=O)(O)OP(=O)(O)OP(=O)(O)O. The Morgan fingerprint density at radius 1 is 1.25 bits per heavy atom. The van der Waals surface area contributed by atoms with Gasteiger partial charge in [0.15, 0.2) is 0 Å². The molecule has 1 aromatic rings. The lowest BCUT2D eigenvalue weighted by molar-refractivity contribution is -0.0602. The summed E-state index contributed by atoms with van der Waals surface area (Å²) in [6, 6.07) is 3.18. The summed E-state index contributed by atoms with van der Waals surface area (Å²) in [5.41, 5.74) is 4.68. The number of aromatic nitrogens is 2. The Morgan fingerprint density at radius 3 is 2.53 bits per heavy atom. The lowest BCUT2D eigenvalue weighted by Gasteiger charge is -2.21. The quantitative estimate of drug-likeness (QED) is 0.186. The second-order valence-electron chi connectivity index (χ2n) is 6.11. The van der Waals surface area contributed by atoms with Crippen LogP contribution in [-0.4, -0.2) is 54.5 Å². The third-order valence-corrected chi connectivity index (χ3v) is 7.51. The fraction of sp³-hybridized carbons (Fsp3) is 0.583. The third kappa shape index (κ3) is 8.45. The van der Waals surface area contributed by atoms with Gasteiger partial charge in [0.1, 0.15) is 18.1 Å². The molecule has 1 aromatic heterocycles. The van der Waals surface area contributed by atoms with E-state index in [0.29, 0.717) is 0 Å². The van der Waals surface area contributed by atoms with Gasteiger partial charge in [-0.2, -0.15) is 18.9 Å². The minimum absolute atomic E-state index is 0.00707. The van der Waals surface area contributed by atoms with Gasteiger partial charge in [0, 0.05) is 12.6 Å². The van der Waals surface area contributed by atoms with E-state index in [4.69, 9.17) is 30.3 Å². The normalized spacial score (nSPS) is 25.0. The maximum Gasteiger partial charge on any atom is 0.490 e. The molecule has 1 saturated heterocycles. The van der Waals surface area contributed by atoms with Crippen LogP contribution in [-0.2, 0) is 36.3 Å². The second-order valence-corrected chi connectivity index (χ2v) is 10.5. The number of nitrogen functional groups attached to an aromatic ring is 1. The molecule has 0 aliphatic carbocycles. The summed E-state index contributed by atoms with van der Waals surface area (Å²) in [6.45, 7) is -0.827. The molecule has 0 amide bonds. The monoisotopic (exact) mass is 520 g/mol. The van der Waals surface area contributed by atoms with Crippen LogP contribution in [0.3, 0.4) is 0 Å². The molecule has 5 atom stereocenters. The Balaban J connectivity index is 2.09. The molecular formula is C12H19N4O13P3. The molecule has 20 heteroatoms. The predicted octanol–water partition coefficient (Wildman–Crippen LogP) is -0.245. The molecule has 6 N–H and O–H groups in total. The summed E-state index contributed by atoms with van der Waals surface area (Å²) in [5.74, 6) is -0.0322. The predicted molar refractivity (Wildman–Crippen MR) is 101 cm³/mol. The fourth-order valence-corrected chi connectivity index (χ4v) is 5.60. The Bertz CT molecular complexity index is 1050. The van der Waals surface area contributed by atoms with Crippen molar-refractivity contribution in [1.29, 1.82) is 5.26 Å². The minimum Gasteiger partial charge on any atom is -0.383 e. The minimum atomic E-state index is -5.68. The molecule has 0 radical (unpaired) electrons. The lowest BCUT2D eigenvalue weighted by atomic mass is 10.2. The molecule has 17 nitrogen and oxygen atoms in total. The lowest BCUT2D eigenvalue weighted by Crippen LogP contribution is -2.29. The molecule has 32 heavy (non-hydrogen) atoms. The van der Waals surface area contributed by atoms with E-state index in [1.165, 1.54) is 12.3 Å². The first-order chi connectivity index (χ1) is 14.7. The van der Waals surface area contributed by atoms with Crippen molar-refractivity contribution in [3.63, 3.8) is 0 Å². The summed E-state index contributed by atoms with van der Waals surface area (Å²) in [7, 11) is -16.6. The van der Waals surface area contributed by atoms with Gasteiger partial charge in [0.2, 0.25) is 0 Å². The van der Waals surface area contributed by atoms with Crippen LogP contribution >= 0.6 is 23.5 Å². The highest BCUT2D eigenvalue weighted by Crippen LogP contribution is 2.66. The molecule has 0 spiro atoms. The van der Waals surface area contributed by atoms with Gasteiger partial charge in [-0.15, -0.1) is 0 Å². The smallest absolute Gasteiger partial charge is 0.383 e. The van der Waals surface area contributed by atoms with Crippen LogP contribution in [0.1, 0.15) is 19.1 Å². The number of anilines is 1. The van der Waals surface area contributed by atoms with Crippen molar-refractivity contribution >= 4 is 29.3 Å². The summed E-state index contributed by atoms with van der Waals surface area (Å²) in [5, 5.41) is 8.64. The van der Waals surface area contributed by atoms with Crippen LogP contribution in [0.25, 0.3) is 0 Å². The van der Waals surface area contributed by atoms with Gasteiger partial charge >= 0.3 is 29.2 Å². The fourth-order valence-electron chi connectivity index (χ4n) is 2.57. The number of nitriles is 1. The molecule has 3 unspecified atom stereocenters. The van der Waals surface area contributed by atoms with E-state index in [-0.39, 0.29) is 25.3 Å². The van der Waals surface area contributed by atoms with E-state index >= 15 is 0 Å². The molecule has 1 aliphatic rings. The molecule has 1 fully saturated rings. The molecule has 1 aliphatic heterocycles. The van der Waals surface area contributed by atoms with E-state index < -0.39 is 54.2 Å². The van der Waals surface area contributed by atoms with Gasteiger partial charge in [-0.25, -0.2) is 18.5 Å². The summed E-state index contributed by atoms with van der Waals surface area (Å²) in [4.78, 5) is 51.4. The zero-order chi connectivity index (χ0) is 24.2. The average Bonchev–Trinajstić information content (AvgIpc) is 3.00. The molecule has 0 bridgehead atoms. The first-order valence-electron chi connectivity index (χ1n) is 8.48. The number of nitrogens with two attached hydrogens (primary N) is 1. The first kappa shape index (κ1) is 26.7. The highest BCUT2D eigenvalue weighted by molar-refractivity contribution is 7.66. The summed E-state index contributed by atoms with van der Waals surface area (Å²) < 4.78 is 57.9. The van der Waals surface area contributed by atoms with Gasteiger partial charge in [0.25, 0.3) is 0 Å². The van der Waals surface area contributed by atoms with Crippen LogP contribution in [0.5, 0.6) is 0 Å². The second kappa shape index (κ2) is 10.6. The van der Waals surface area contributed by atoms with Gasteiger partial charge in [-0.05, 0) is 6.07 Å². The van der Waals surface area contributed by atoms with E-state index in [2.05, 4.69) is 18.1 Å². The number of hydrogen-bond acceptors (Lipinski definition) is 12. The van der Waals surface area contributed by atoms with Crippen molar-refractivity contribution in [2.24, 2.45) is 0 Å². The first-order valence-corrected chi connectivity index (χ1v) is 13.0. The van der Waals surface area contributed by atoms with Crippen molar-refractivity contribution in [1.82, 2.24) is 9.55 Å². The van der Waals surface area contributed by atoms with Gasteiger partial charge < -0.3 is 34.8 Å². The molecule has 2 rings (SSSR count). The van der Waals surface area contributed by atoms with Crippen LogP contribution < -0.4 is 11.4 Å². The van der Waals surface area contributed by atoms with Crippen LogP contribution in [0, 0.1) is 11.3 Å². The molecule has 0 aromatic carbocycles. The number of phosphoric acid groups is 3. The largest absolute Gasteiger partial charge is 0.490 e. The molecular weight excluding hydrogens is 501 g/mol. The van der Waals surface area contributed by atoms with Crippen molar-refractivity contribution in [3.8, 4) is 6.07 Å². The van der Waals surface area contributed by atoms with Crippen LogP contribution in [0.2, 0.25) is 0 Å². The van der Waals surface area contributed by atoms with E-state index in [1.807, 2.05) is 6.07 Å². The van der Waals surface area contributed by atoms with E-state index in [9.17, 15) is 28.3 Å². The molecule has 0 saturated carbocycles. The van der Waals surface area contributed by atoms with Crippen LogP contribution in [0.15, 0.2) is 17.1 Å². The van der Waals surface area contributed by atoms with Crippen molar-refractivity contribution in [2.45, 2.75) is 31.3 Å². The highest BCUT2D eigenvalue weighted by Gasteiger charge is 2.43. The zero-order valence-electron chi connectivity index (χ0n) is 15.9.